The summed E-state index contributed by atoms with van der Waals surface area (Å²) in [5.41, 5.74) is 0. The number of amides is 1. The lowest BCUT2D eigenvalue weighted by Gasteiger charge is -2.24. The number of ether oxygens (including phenoxy) is 2. The number of rotatable bonds is 5. The molecule has 144 valence electrons. The Morgan fingerprint density at radius 1 is 1.35 bits per heavy atom. The van der Waals surface area contributed by atoms with Crippen LogP contribution in [0.15, 0.2) is 23.1 Å². The zero-order chi connectivity index (χ0) is 18.7. The summed E-state index contributed by atoms with van der Waals surface area (Å²) in [6.07, 6.45) is 1.54. The summed E-state index contributed by atoms with van der Waals surface area (Å²) in [4.78, 5) is 12.6. The van der Waals surface area contributed by atoms with Crippen LogP contribution in [-0.2, 0) is 14.8 Å². The maximum atomic E-state index is 13.1. The Morgan fingerprint density at radius 3 is 2.81 bits per heavy atom. The van der Waals surface area contributed by atoms with Crippen molar-refractivity contribution in [2.75, 3.05) is 24.8 Å². The Hall–Kier alpha value is -1.45. The molecule has 2 atom stereocenters. The van der Waals surface area contributed by atoms with Crippen LogP contribution in [0.5, 0.6) is 11.5 Å². The van der Waals surface area contributed by atoms with E-state index < -0.39 is 16.1 Å². The molecule has 9 heteroatoms. The summed E-state index contributed by atoms with van der Waals surface area (Å²) in [5, 5.41) is 2.88. The van der Waals surface area contributed by atoms with Gasteiger partial charge in [0.15, 0.2) is 11.5 Å². The fourth-order valence-electron chi connectivity index (χ4n) is 2.75. The molecule has 1 saturated heterocycles. The Kier molecular flexibility index (Phi) is 5.99. The van der Waals surface area contributed by atoms with Crippen LogP contribution in [0.1, 0.15) is 26.7 Å². The molecular weight excluding hydrogens is 376 g/mol. The molecule has 1 amide bonds. The van der Waals surface area contributed by atoms with Gasteiger partial charge in [0.25, 0.3) is 0 Å². The molecule has 0 bridgehead atoms. The first-order chi connectivity index (χ1) is 12.4. The largest absolute Gasteiger partial charge is 0.490 e. The Bertz CT molecular complexity index is 768. The van der Waals surface area contributed by atoms with Gasteiger partial charge in [-0.05, 0) is 25.5 Å². The number of hydrogen-bond acceptors (Lipinski definition) is 6. The predicted octanol–water partition coefficient (Wildman–Crippen LogP) is 1.83. The second-order valence-corrected chi connectivity index (χ2v) is 9.28. The maximum absolute atomic E-state index is 13.1. The van der Waals surface area contributed by atoms with E-state index in [1.807, 2.05) is 13.8 Å². The number of benzene rings is 1. The van der Waals surface area contributed by atoms with E-state index >= 15 is 0 Å². The van der Waals surface area contributed by atoms with E-state index in [0.29, 0.717) is 30.5 Å². The first-order valence-corrected chi connectivity index (χ1v) is 11.3. The monoisotopic (exact) mass is 400 g/mol. The Balaban J connectivity index is 1.85. The molecule has 1 N–H and O–H groups in total. The lowest BCUT2D eigenvalue weighted by Crippen LogP contribution is -2.49. The summed E-state index contributed by atoms with van der Waals surface area (Å²) in [7, 11) is -3.80. The van der Waals surface area contributed by atoms with Gasteiger partial charge in [-0.3, -0.25) is 4.79 Å². The highest BCUT2D eigenvalue weighted by atomic mass is 32.2. The van der Waals surface area contributed by atoms with Gasteiger partial charge in [-0.2, -0.15) is 4.31 Å². The van der Waals surface area contributed by atoms with Crippen LogP contribution in [0.2, 0.25) is 0 Å². The number of nitrogens with one attached hydrogen (secondary N) is 1. The highest BCUT2D eigenvalue weighted by Gasteiger charge is 2.40. The molecule has 0 aromatic heterocycles. The number of carbonyl (C=O) groups is 1. The van der Waals surface area contributed by atoms with Crippen LogP contribution in [0.25, 0.3) is 0 Å². The molecule has 0 saturated carbocycles. The Morgan fingerprint density at radius 2 is 2.08 bits per heavy atom. The van der Waals surface area contributed by atoms with Crippen molar-refractivity contribution in [1.29, 1.82) is 0 Å². The topological polar surface area (TPSA) is 84.9 Å². The highest BCUT2D eigenvalue weighted by Crippen LogP contribution is 2.35. The molecule has 2 unspecified atom stereocenters. The summed E-state index contributed by atoms with van der Waals surface area (Å²) < 4.78 is 38.6. The van der Waals surface area contributed by atoms with E-state index in [4.69, 9.17) is 9.47 Å². The molecule has 3 rings (SSSR count). The van der Waals surface area contributed by atoms with Gasteiger partial charge in [0.1, 0.15) is 6.04 Å². The maximum Gasteiger partial charge on any atom is 0.244 e. The lowest BCUT2D eigenvalue weighted by molar-refractivity contribution is -0.124. The third-order valence-corrected chi connectivity index (χ3v) is 7.50. The molecule has 1 aromatic rings. The van der Waals surface area contributed by atoms with Crippen molar-refractivity contribution in [3.05, 3.63) is 18.2 Å². The fourth-order valence-corrected chi connectivity index (χ4v) is 5.92. The molecule has 7 nitrogen and oxygen atoms in total. The number of carbonyl (C=O) groups excluding carboxylic acids is 1. The van der Waals surface area contributed by atoms with E-state index in [-0.39, 0.29) is 22.7 Å². The van der Waals surface area contributed by atoms with E-state index in [1.165, 1.54) is 28.2 Å². The van der Waals surface area contributed by atoms with Crippen LogP contribution in [0.3, 0.4) is 0 Å². The van der Waals surface area contributed by atoms with Crippen molar-refractivity contribution in [3.8, 4) is 11.5 Å². The first-order valence-electron chi connectivity index (χ1n) is 8.73. The minimum Gasteiger partial charge on any atom is -0.490 e. The standard InChI is InChI=1S/C17H24N2O5S2/c1-3-12(2)18-17(20)14-10-25-11-19(14)26(21,22)13-5-6-15-16(9-13)24-8-4-7-23-15/h5-6,9,12,14H,3-4,7-8,10-11H2,1-2H3,(H,18,20). The zero-order valence-corrected chi connectivity index (χ0v) is 16.6. The normalized spacial score (nSPS) is 21.8. The van der Waals surface area contributed by atoms with Gasteiger partial charge in [0, 0.05) is 24.3 Å². The molecule has 2 aliphatic rings. The zero-order valence-electron chi connectivity index (χ0n) is 14.9. The quantitative estimate of drug-likeness (QED) is 0.812. The van der Waals surface area contributed by atoms with Crippen LogP contribution < -0.4 is 14.8 Å². The minimum atomic E-state index is -3.80. The van der Waals surface area contributed by atoms with E-state index in [9.17, 15) is 13.2 Å². The predicted molar refractivity (Wildman–Crippen MR) is 100 cm³/mol. The van der Waals surface area contributed by atoms with Gasteiger partial charge in [-0.15, -0.1) is 11.8 Å². The van der Waals surface area contributed by atoms with E-state index in [2.05, 4.69) is 5.32 Å². The Labute approximate surface area is 158 Å². The molecular formula is C17H24N2O5S2. The average Bonchev–Trinajstić information content (AvgIpc) is 3.01. The number of fused-ring (bicyclic) bond motifs is 1. The molecule has 0 spiro atoms. The summed E-state index contributed by atoms with van der Waals surface area (Å²) in [6.45, 7) is 4.90. The summed E-state index contributed by atoms with van der Waals surface area (Å²) in [5.74, 6) is 1.43. The summed E-state index contributed by atoms with van der Waals surface area (Å²) in [6, 6.07) is 3.92. The lowest BCUT2D eigenvalue weighted by atomic mass is 10.2. The first kappa shape index (κ1) is 19.3. The molecule has 26 heavy (non-hydrogen) atoms. The van der Waals surface area contributed by atoms with E-state index in [1.54, 1.807) is 6.07 Å². The van der Waals surface area contributed by atoms with Crippen molar-refractivity contribution in [2.24, 2.45) is 0 Å². The third kappa shape index (κ3) is 3.94. The van der Waals surface area contributed by atoms with Crippen molar-refractivity contribution in [3.63, 3.8) is 0 Å². The minimum absolute atomic E-state index is 0.00990. The highest BCUT2D eigenvalue weighted by molar-refractivity contribution is 8.00. The molecule has 1 fully saturated rings. The number of hydrogen-bond donors (Lipinski definition) is 1. The third-order valence-electron chi connectivity index (χ3n) is 4.47. The second kappa shape index (κ2) is 8.06. The van der Waals surface area contributed by atoms with Crippen molar-refractivity contribution < 1.29 is 22.7 Å². The number of thioether (sulfide) groups is 1. The van der Waals surface area contributed by atoms with Gasteiger partial charge in [-0.25, -0.2) is 8.42 Å². The molecule has 1 aromatic carbocycles. The number of nitrogens with zero attached hydrogens (tertiary/aromatic N) is 1. The van der Waals surface area contributed by atoms with Gasteiger partial charge in [0.05, 0.1) is 24.0 Å². The summed E-state index contributed by atoms with van der Waals surface area (Å²) >= 11 is 1.44. The van der Waals surface area contributed by atoms with Gasteiger partial charge in [-0.1, -0.05) is 6.92 Å². The molecule has 2 heterocycles. The van der Waals surface area contributed by atoms with Crippen molar-refractivity contribution >= 4 is 27.7 Å². The number of sulfonamides is 1. The van der Waals surface area contributed by atoms with Gasteiger partial charge >= 0.3 is 0 Å². The van der Waals surface area contributed by atoms with Crippen LogP contribution in [-0.4, -0.2) is 55.6 Å². The molecule has 0 aliphatic carbocycles. The van der Waals surface area contributed by atoms with Crippen LogP contribution in [0, 0.1) is 0 Å². The smallest absolute Gasteiger partial charge is 0.244 e. The van der Waals surface area contributed by atoms with Gasteiger partial charge < -0.3 is 14.8 Å². The van der Waals surface area contributed by atoms with Crippen LogP contribution >= 0.6 is 11.8 Å². The van der Waals surface area contributed by atoms with Crippen molar-refractivity contribution in [1.82, 2.24) is 9.62 Å². The molecule has 2 aliphatic heterocycles. The second-order valence-electron chi connectivity index (χ2n) is 6.38. The van der Waals surface area contributed by atoms with Gasteiger partial charge in [0.2, 0.25) is 15.9 Å². The fraction of sp³-hybridized carbons (Fsp3) is 0.588. The average molecular weight is 401 g/mol. The SMILES string of the molecule is CCC(C)NC(=O)C1CSCN1S(=O)(=O)c1ccc2c(c1)OCCCO2. The molecule has 0 radical (unpaired) electrons. The van der Waals surface area contributed by atoms with Crippen LogP contribution in [0.4, 0.5) is 0 Å². The van der Waals surface area contributed by atoms with E-state index in [0.717, 1.165) is 12.8 Å². The van der Waals surface area contributed by atoms with Crippen molar-refractivity contribution in [2.45, 2.75) is 43.7 Å².